The van der Waals surface area contributed by atoms with E-state index in [4.69, 9.17) is 16.3 Å². The molecule has 0 radical (unpaired) electrons. The van der Waals surface area contributed by atoms with Gasteiger partial charge in [0.05, 0.1) is 24.0 Å². The molecule has 1 aliphatic rings. The lowest BCUT2D eigenvalue weighted by atomic mass is 9.97. The first-order valence-corrected chi connectivity index (χ1v) is 8.66. The standard InChI is InChI=1S/C12H14BrClO3S/c1-17-11-3-2-9(13)6-10(11)12(14)8-4-5-18(15,16)7-8/h2-3,6,8,12H,4-5,7H2,1H3. The first-order valence-electron chi connectivity index (χ1n) is 5.61. The van der Waals surface area contributed by atoms with E-state index in [0.29, 0.717) is 12.2 Å². The second-order valence-corrected chi connectivity index (χ2v) is 8.07. The summed E-state index contributed by atoms with van der Waals surface area (Å²) in [7, 11) is -1.33. The van der Waals surface area contributed by atoms with Gasteiger partial charge in [0.1, 0.15) is 5.75 Å². The van der Waals surface area contributed by atoms with Crippen LogP contribution in [0.4, 0.5) is 0 Å². The summed E-state index contributed by atoms with van der Waals surface area (Å²) in [6, 6.07) is 5.59. The summed E-state index contributed by atoms with van der Waals surface area (Å²) in [6.45, 7) is 0. The Morgan fingerprint density at radius 1 is 1.50 bits per heavy atom. The van der Waals surface area contributed by atoms with E-state index >= 15 is 0 Å². The minimum Gasteiger partial charge on any atom is -0.496 e. The van der Waals surface area contributed by atoms with Gasteiger partial charge in [-0.05, 0) is 30.5 Å². The lowest BCUT2D eigenvalue weighted by Gasteiger charge is -2.19. The van der Waals surface area contributed by atoms with Crippen molar-refractivity contribution in [2.24, 2.45) is 5.92 Å². The van der Waals surface area contributed by atoms with Gasteiger partial charge >= 0.3 is 0 Å². The highest BCUT2D eigenvalue weighted by atomic mass is 79.9. The van der Waals surface area contributed by atoms with Crippen molar-refractivity contribution in [2.45, 2.75) is 11.8 Å². The average molecular weight is 354 g/mol. The summed E-state index contributed by atoms with van der Waals surface area (Å²) in [5, 5.41) is -0.338. The molecule has 1 fully saturated rings. The molecule has 1 saturated heterocycles. The first-order chi connectivity index (χ1) is 8.43. The fraction of sp³-hybridized carbons (Fsp3) is 0.500. The smallest absolute Gasteiger partial charge is 0.150 e. The lowest BCUT2D eigenvalue weighted by Crippen LogP contribution is -2.11. The largest absolute Gasteiger partial charge is 0.496 e. The van der Waals surface area contributed by atoms with Gasteiger partial charge < -0.3 is 4.74 Å². The fourth-order valence-electron chi connectivity index (χ4n) is 2.23. The first kappa shape index (κ1) is 14.2. The van der Waals surface area contributed by atoms with E-state index in [0.717, 1.165) is 10.0 Å². The molecule has 1 aromatic rings. The summed E-state index contributed by atoms with van der Waals surface area (Å²) >= 11 is 9.82. The van der Waals surface area contributed by atoms with Gasteiger partial charge in [0.25, 0.3) is 0 Å². The third-order valence-corrected chi connectivity index (χ3v) is 6.05. The van der Waals surface area contributed by atoms with Crippen LogP contribution in [0.1, 0.15) is 17.4 Å². The molecule has 2 atom stereocenters. The van der Waals surface area contributed by atoms with Crippen LogP contribution in [0.15, 0.2) is 22.7 Å². The number of hydrogen-bond donors (Lipinski definition) is 0. The van der Waals surface area contributed by atoms with Crippen LogP contribution in [0, 0.1) is 5.92 Å². The Kier molecular flexibility index (Phi) is 4.24. The molecule has 0 amide bonds. The van der Waals surface area contributed by atoms with Crippen LogP contribution in [0.2, 0.25) is 0 Å². The number of rotatable bonds is 3. The van der Waals surface area contributed by atoms with Crippen molar-refractivity contribution in [2.75, 3.05) is 18.6 Å². The second kappa shape index (κ2) is 5.39. The zero-order valence-electron chi connectivity index (χ0n) is 9.90. The molecule has 0 aliphatic carbocycles. The van der Waals surface area contributed by atoms with Gasteiger partial charge in [-0.25, -0.2) is 8.42 Å². The number of hydrogen-bond acceptors (Lipinski definition) is 3. The van der Waals surface area contributed by atoms with Gasteiger partial charge in [0.2, 0.25) is 0 Å². The number of halogens is 2. The van der Waals surface area contributed by atoms with Crippen molar-refractivity contribution < 1.29 is 13.2 Å². The van der Waals surface area contributed by atoms with Gasteiger partial charge in [-0.15, -0.1) is 11.6 Å². The number of ether oxygens (including phenoxy) is 1. The molecular formula is C12H14BrClO3S. The maximum absolute atomic E-state index is 11.5. The van der Waals surface area contributed by atoms with Crippen LogP contribution in [-0.2, 0) is 9.84 Å². The monoisotopic (exact) mass is 352 g/mol. The molecule has 2 rings (SSSR count). The van der Waals surface area contributed by atoms with Gasteiger partial charge in [0.15, 0.2) is 9.84 Å². The summed E-state index contributed by atoms with van der Waals surface area (Å²) in [5.41, 5.74) is 0.843. The van der Waals surface area contributed by atoms with Crippen LogP contribution in [0.25, 0.3) is 0 Å². The molecule has 100 valence electrons. The molecule has 1 aromatic carbocycles. The van der Waals surface area contributed by atoms with Crippen LogP contribution in [0.3, 0.4) is 0 Å². The summed E-state index contributed by atoms with van der Waals surface area (Å²) in [5.74, 6) is 1.05. The molecule has 0 saturated carbocycles. The van der Waals surface area contributed by atoms with Crippen molar-refractivity contribution in [3.05, 3.63) is 28.2 Å². The number of benzene rings is 1. The minimum absolute atomic E-state index is 0.0418. The van der Waals surface area contributed by atoms with E-state index in [1.165, 1.54) is 0 Å². The van der Waals surface area contributed by atoms with Gasteiger partial charge in [-0.2, -0.15) is 0 Å². The van der Waals surface area contributed by atoms with Gasteiger partial charge in [-0.3, -0.25) is 0 Å². The third kappa shape index (κ3) is 3.00. The van der Waals surface area contributed by atoms with Gasteiger partial charge in [-0.1, -0.05) is 15.9 Å². The zero-order chi connectivity index (χ0) is 13.3. The van der Waals surface area contributed by atoms with E-state index < -0.39 is 9.84 Å². The highest BCUT2D eigenvalue weighted by Gasteiger charge is 2.34. The van der Waals surface area contributed by atoms with Crippen molar-refractivity contribution >= 4 is 37.4 Å². The Balaban J connectivity index is 2.28. The Morgan fingerprint density at radius 2 is 2.22 bits per heavy atom. The SMILES string of the molecule is COc1ccc(Br)cc1C(Cl)C1CCS(=O)(=O)C1. The van der Waals surface area contributed by atoms with E-state index in [2.05, 4.69) is 15.9 Å². The number of alkyl halides is 1. The topological polar surface area (TPSA) is 43.4 Å². The zero-order valence-corrected chi connectivity index (χ0v) is 13.1. The van der Waals surface area contributed by atoms with E-state index in [1.807, 2.05) is 18.2 Å². The molecule has 1 heterocycles. The van der Waals surface area contributed by atoms with E-state index in [-0.39, 0.29) is 22.8 Å². The molecule has 0 N–H and O–H groups in total. The Bertz CT molecular complexity index is 544. The maximum atomic E-state index is 11.5. The molecule has 0 spiro atoms. The lowest BCUT2D eigenvalue weighted by molar-refractivity contribution is 0.404. The van der Waals surface area contributed by atoms with Crippen LogP contribution >= 0.6 is 27.5 Å². The highest BCUT2D eigenvalue weighted by Crippen LogP contribution is 2.41. The van der Waals surface area contributed by atoms with Crippen molar-refractivity contribution in [1.82, 2.24) is 0 Å². The predicted octanol–water partition coefficient (Wildman–Crippen LogP) is 3.17. The second-order valence-electron chi connectivity index (χ2n) is 4.45. The van der Waals surface area contributed by atoms with Crippen LogP contribution < -0.4 is 4.74 Å². The van der Waals surface area contributed by atoms with Crippen molar-refractivity contribution in [1.29, 1.82) is 0 Å². The molecule has 0 bridgehead atoms. The maximum Gasteiger partial charge on any atom is 0.150 e. The molecule has 1 aliphatic heterocycles. The van der Waals surface area contributed by atoms with E-state index in [1.54, 1.807) is 7.11 Å². The Labute approximate surface area is 121 Å². The molecule has 6 heteroatoms. The quantitative estimate of drug-likeness (QED) is 0.784. The Morgan fingerprint density at radius 3 is 2.78 bits per heavy atom. The summed E-state index contributed by atoms with van der Waals surface area (Å²) < 4.78 is 29.2. The normalized spacial score (nSPS) is 23.8. The minimum atomic E-state index is -2.92. The number of methoxy groups -OCH3 is 1. The van der Waals surface area contributed by atoms with Crippen LogP contribution in [0.5, 0.6) is 5.75 Å². The Hall–Kier alpha value is -0.260. The van der Waals surface area contributed by atoms with E-state index in [9.17, 15) is 8.42 Å². The molecular weight excluding hydrogens is 340 g/mol. The summed E-state index contributed by atoms with van der Waals surface area (Å²) in [6.07, 6.45) is 0.617. The average Bonchev–Trinajstić information content (AvgIpc) is 2.68. The predicted molar refractivity (Wildman–Crippen MR) is 76.0 cm³/mol. The van der Waals surface area contributed by atoms with Gasteiger partial charge in [0, 0.05) is 10.0 Å². The molecule has 2 unspecified atom stereocenters. The molecule has 0 aromatic heterocycles. The third-order valence-electron chi connectivity index (χ3n) is 3.17. The van der Waals surface area contributed by atoms with Crippen molar-refractivity contribution in [3.8, 4) is 5.75 Å². The number of sulfone groups is 1. The van der Waals surface area contributed by atoms with Crippen LogP contribution in [-0.4, -0.2) is 27.0 Å². The fourth-order valence-corrected chi connectivity index (χ4v) is 4.94. The van der Waals surface area contributed by atoms with Crippen molar-refractivity contribution in [3.63, 3.8) is 0 Å². The highest BCUT2D eigenvalue weighted by molar-refractivity contribution is 9.10. The molecule has 3 nitrogen and oxygen atoms in total. The molecule has 18 heavy (non-hydrogen) atoms. The summed E-state index contributed by atoms with van der Waals surface area (Å²) in [4.78, 5) is 0.